The van der Waals surface area contributed by atoms with Crippen LogP contribution in [0, 0.1) is 5.41 Å². The maximum Gasteiger partial charge on any atom is 0.243 e. The van der Waals surface area contributed by atoms with E-state index >= 15 is 0 Å². The molecule has 0 atom stereocenters. The summed E-state index contributed by atoms with van der Waals surface area (Å²) in [7, 11) is 0. The Bertz CT molecular complexity index is 404. The average Bonchev–Trinajstić information content (AvgIpc) is 2.44. The largest absolute Gasteiger partial charge is 0.352 e. The van der Waals surface area contributed by atoms with Crippen LogP contribution in [0.2, 0.25) is 0 Å². The molecule has 0 aromatic rings. The monoisotopic (exact) mass is 290 g/mol. The van der Waals surface area contributed by atoms with Crippen molar-refractivity contribution in [1.82, 2.24) is 10.6 Å². The summed E-state index contributed by atoms with van der Waals surface area (Å²) in [5, 5.41) is 5.64. The van der Waals surface area contributed by atoms with Crippen LogP contribution < -0.4 is 10.6 Å². The Morgan fingerprint density at radius 3 is 1.52 bits per heavy atom. The highest BCUT2D eigenvalue weighted by Gasteiger charge is 2.18. The van der Waals surface area contributed by atoms with E-state index in [0.29, 0.717) is 13.1 Å². The first kappa shape index (κ1) is 18.9. The lowest BCUT2D eigenvalue weighted by molar-refractivity contribution is -0.116. The highest BCUT2D eigenvalue weighted by atomic mass is 16.2. The minimum absolute atomic E-state index is 0.138. The summed E-state index contributed by atoms with van der Waals surface area (Å²) in [6, 6.07) is 0. The fraction of sp³-hybridized carbons (Fsp3) is 0.412. The van der Waals surface area contributed by atoms with Crippen molar-refractivity contribution in [3.05, 3.63) is 48.6 Å². The third kappa shape index (κ3) is 11.4. The van der Waals surface area contributed by atoms with Crippen LogP contribution in [0.5, 0.6) is 0 Å². The molecule has 2 N–H and O–H groups in total. The van der Waals surface area contributed by atoms with Gasteiger partial charge in [-0.2, -0.15) is 0 Å². The molecular weight excluding hydrogens is 264 g/mol. The fourth-order valence-corrected chi connectivity index (χ4v) is 1.34. The van der Waals surface area contributed by atoms with Crippen LogP contribution >= 0.6 is 0 Å². The Morgan fingerprint density at radius 1 is 0.810 bits per heavy atom. The van der Waals surface area contributed by atoms with E-state index in [1.807, 2.05) is 39.8 Å². The topological polar surface area (TPSA) is 58.2 Å². The molecule has 0 aliphatic heterocycles. The van der Waals surface area contributed by atoms with Crippen LogP contribution in [-0.4, -0.2) is 24.9 Å². The number of hydrogen-bond acceptors (Lipinski definition) is 2. The van der Waals surface area contributed by atoms with Crippen molar-refractivity contribution in [2.24, 2.45) is 5.41 Å². The predicted octanol–water partition coefficient (Wildman–Crippen LogP) is 2.51. The van der Waals surface area contributed by atoms with E-state index in [4.69, 9.17) is 0 Å². The Morgan fingerprint density at radius 2 is 1.19 bits per heavy atom. The van der Waals surface area contributed by atoms with Gasteiger partial charge < -0.3 is 10.6 Å². The molecule has 0 unspecified atom stereocenters. The first-order valence-electron chi connectivity index (χ1n) is 7.05. The van der Waals surface area contributed by atoms with Gasteiger partial charge in [-0.3, -0.25) is 9.59 Å². The van der Waals surface area contributed by atoms with Crippen molar-refractivity contribution in [2.75, 3.05) is 13.1 Å². The van der Waals surface area contributed by atoms with Crippen molar-refractivity contribution < 1.29 is 9.59 Å². The van der Waals surface area contributed by atoms with Crippen molar-refractivity contribution >= 4 is 11.8 Å². The predicted molar refractivity (Wildman–Crippen MR) is 87.7 cm³/mol. The molecule has 2 amide bonds. The van der Waals surface area contributed by atoms with Gasteiger partial charge in [0.25, 0.3) is 0 Å². The van der Waals surface area contributed by atoms with E-state index in [-0.39, 0.29) is 17.2 Å². The van der Waals surface area contributed by atoms with Crippen molar-refractivity contribution in [1.29, 1.82) is 0 Å². The zero-order valence-electron chi connectivity index (χ0n) is 13.3. The van der Waals surface area contributed by atoms with Gasteiger partial charge in [0.15, 0.2) is 0 Å². The molecular formula is C17H26N2O2. The zero-order valence-corrected chi connectivity index (χ0v) is 13.3. The quantitative estimate of drug-likeness (QED) is 0.533. The lowest BCUT2D eigenvalue weighted by Crippen LogP contribution is -2.41. The molecule has 0 saturated heterocycles. The number of nitrogens with one attached hydrogen (secondary N) is 2. The van der Waals surface area contributed by atoms with Crippen molar-refractivity contribution in [3.8, 4) is 0 Å². The first-order chi connectivity index (χ1) is 9.91. The number of carbonyl (C=O) groups is 2. The molecule has 0 aliphatic rings. The number of rotatable bonds is 8. The zero-order chi connectivity index (χ0) is 16.1. The minimum Gasteiger partial charge on any atom is -0.352 e. The van der Waals surface area contributed by atoms with Gasteiger partial charge in [-0.1, -0.05) is 50.3 Å². The number of allylic oxidation sites excluding steroid dienone is 6. The van der Waals surface area contributed by atoms with Gasteiger partial charge in [-0.05, 0) is 19.3 Å². The molecule has 0 aliphatic carbocycles. The molecule has 0 aromatic carbocycles. The molecule has 4 nitrogen and oxygen atoms in total. The summed E-state index contributed by atoms with van der Waals surface area (Å²) in [6.45, 7) is 8.73. The van der Waals surface area contributed by atoms with Gasteiger partial charge in [0.2, 0.25) is 11.8 Å². The highest BCUT2D eigenvalue weighted by molar-refractivity contribution is 5.88. The van der Waals surface area contributed by atoms with Crippen LogP contribution in [-0.2, 0) is 9.59 Å². The lowest BCUT2D eigenvalue weighted by atomic mass is 9.93. The average molecular weight is 290 g/mol. The van der Waals surface area contributed by atoms with E-state index in [2.05, 4.69) is 10.6 Å². The summed E-state index contributed by atoms with van der Waals surface area (Å²) in [4.78, 5) is 23.1. The SMILES string of the molecule is C/C=C/C=C/C(=O)NCC(C)(C)CNC(=O)/C=C/C=C/C. The molecule has 0 heterocycles. The standard InChI is InChI=1S/C17H26N2O2/c1-5-7-9-11-15(20)18-13-17(3,4)14-19-16(21)12-10-8-6-2/h5-12H,13-14H2,1-4H3,(H,18,20)(H,19,21)/b7-5+,8-6+,11-9+,12-10+. The Balaban J connectivity index is 4.14. The van der Waals surface area contributed by atoms with E-state index in [9.17, 15) is 9.59 Å². The van der Waals surface area contributed by atoms with E-state index < -0.39 is 0 Å². The molecule has 0 saturated carbocycles. The molecule has 0 rings (SSSR count). The number of carbonyl (C=O) groups excluding carboxylic acids is 2. The van der Waals surface area contributed by atoms with Crippen LogP contribution in [0.15, 0.2) is 48.6 Å². The smallest absolute Gasteiger partial charge is 0.243 e. The Labute approximate surface area is 127 Å². The summed E-state index contributed by atoms with van der Waals surface area (Å²) >= 11 is 0. The maximum atomic E-state index is 11.5. The summed E-state index contributed by atoms with van der Waals surface area (Å²) in [6.07, 6.45) is 13.6. The number of amides is 2. The molecule has 4 heteroatoms. The molecule has 0 aromatic heterocycles. The molecule has 0 bridgehead atoms. The molecule has 0 fully saturated rings. The van der Waals surface area contributed by atoms with Gasteiger partial charge in [0.05, 0.1) is 0 Å². The summed E-state index contributed by atoms with van der Waals surface area (Å²) < 4.78 is 0. The highest BCUT2D eigenvalue weighted by Crippen LogP contribution is 2.11. The van der Waals surface area contributed by atoms with Crippen molar-refractivity contribution in [3.63, 3.8) is 0 Å². The molecule has 0 spiro atoms. The summed E-state index contributed by atoms with van der Waals surface area (Å²) in [5.41, 5.74) is -0.214. The van der Waals surface area contributed by atoms with Crippen LogP contribution in [0.4, 0.5) is 0 Å². The normalized spacial score (nSPS) is 12.8. The van der Waals surface area contributed by atoms with Crippen LogP contribution in [0.1, 0.15) is 27.7 Å². The Hall–Kier alpha value is -2.10. The van der Waals surface area contributed by atoms with Gasteiger partial charge in [0, 0.05) is 25.2 Å². The minimum atomic E-state index is -0.214. The Kier molecular flexibility index (Phi) is 9.59. The van der Waals surface area contributed by atoms with Gasteiger partial charge in [0.1, 0.15) is 0 Å². The van der Waals surface area contributed by atoms with E-state index in [0.717, 1.165) is 0 Å². The fourth-order valence-electron chi connectivity index (χ4n) is 1.34. The second-order valence-corrected chi connectivity index (χ2v) is 5.37. The molecule has 0 radical (unpaired) electrons. The molecule has 116 valence electrons. The van der Waals surface area contributed by atoms with Gasteiger partial charge >= 0.3 is 0 Å². The van der Waals surface area contributed by atoms with Crippen LogP contribution in [0.3, 0.4) is 0 Å². The van der Waals surface area contributed by atoms with Crippen LogP contribution in [0.25, 0.3) is 0 Å². The third-order valence-electron chi connectivity index (χ3n) is 2.58. The second-order valence-electron chi connectivity index (χ2n) is 5.37. The lowest BCUT2D eigenvalue weighted by Gasteiger charge is -2.24. The van der Waals surface area contributed by atoms with Gasteiger partial charge in [-0.15, -0.1) is 0 Å². The van der Waals surface area contributed by atoms with E-state index in [1.54, 1.807) is 24.3 Å². The third-order valence-corrected chi connectivity index (χ3v) is 2.58. The van der Waals surface area contributed by atoms with Crippen molar-refractivity contribution in [2.45, 2.75) is 27.7 Å². The van der Waals surface area contributed by atoms with E-state index in [1.165, 1.54) is 12.2 Å². The van der Waals surface area contributed by atoms with Gasteiger partial charge in [-0.25, -0.2) is 0 Å². The maximum absolute atomic E-state index is 11.5. The first-order valence-corrected chi connectivity index (χ1v) is 7.05. The molecule has 21 heavy (non-hydrogen) atoms. The number of hydrogen-bond donors (Lipinski definition) is 2. The second kappa shape index (κ2) is 10.7. The summed E-state index contributed by atoms with van der Waals surface area (Å²) in [5.74, 6) is -0.277.